The minimum Gasteiger partial charge on any atom is -0.494 e. The van der Waals surface area contributed by atoms with Crippen molar-refractivity contribution < 1.29 is 9.84 Å². The third-order valence-electron chi connectivity index (χ3n) is 2.41. The minimum absolute atomic E-state index is 0.576. The Kier molecular flexibility index (Phi) is 4.20. The Hall–Kier alpha value is -0.840. The Labute approximate surface area is 113 Å². The molecule has 1 aromatic heterocycles. The van der Waals surface area contributed by atoms with Crippen LogP contribution in [0.5, 0.6) is 5.75 Å². The van der Waals surface area contributed by atoms with Gasteiger partial charge in [-0.15, -0.1) is 11.3 Å². The van der Waals surface area contributed by atoms with E-state index >= 15 is 0 Å². The van der Waals surface area contributed by atoms with Gasteiger partial charge in [-0.25, -0.2) is 0 Å². The number of hydrogen-bond acceptors (Lipinski definition) is 3. The van der Waals surface area contributed by atoms with Crippen LogP contribution in [0.4, 0.5) is 0 Å². The van der Waals surface area contributed by atoms with Crippen LogP contribution in [0.1, 0.15) is 24.2 Å². The van der Waals surface area contributed by atoms with Gasteiger partial charge in [0, 0.05) is 0 Å². The van der Waals surface area contributed by atoms with Crippen LogP contribution in [0.3, 0.4) is 0 Å². The van der Waals surface area contributed by atoms with E-state index in [1.807, 2.05) is 42.6 Å². The van der Waals surface area contributed by atoms with Gasteiger partial charge in [0.15, 0.2) is 0 Å². The first-order valence-corrected chi connectivity index (χ1v) is 7.02. The van der Waals surface area contributed by atoms with Crippen molar-refractivity contribution >= 4 is 27.3 Å². The maximum absolute atomic E-state index is 10.2. The first kappa shape index (κ1) is 12.6. The molecule has 0 fully saturated rings. The largest absolute Gasteiger partial charge is 0.494 e. The summed E-state index contributed by atoms with van der Waals surface area (Å²) < 4.78 is 6.39. The lowest BCUT2D eigenvalue weighted by Crippen LogP contribution is -1.98. The van der Waals surface area contributed by atoms with E-state index in [1.54, 1.807) is 11.3 Å². The predicted molar refractivity (Wildman–Crippen MR) is 73.7 cm³/mol. The third-order valence-corrected chi connectivity index (χ3v) is 3.93. The molecule has 0 aliphatic carbocycles. The molecule has 90 valence electrons. The number of benzene rings is 1. The van der Waals surface area contributed by atoms with Crippen LogP contribution < -0.4 is 4.74 Å². The molecule has 1 aromatic carbocycles. The fourth-order valence-electron chi connectivity index (χ4n) is 1.57. The number of rotatable bonds is 4. The van der Waals surface area contributed by atoms with Crippen LogP contribution >= 0.6 is 27.3 Å². The van der Waals surface area contributed by atoms with Gasteiger partial charge in [-0.1, -0.05) is 12.1 Å². The molecular weight excluding hydrogens is 300 g/mol. The second-order valence-corrected chi connectivity index (χ2v) is 5.88. The Morgan fingerprint density at radius 2 is 2.00 bits per heavy atom. The molecule has 1 N–H and O–H groups in total. The van der Waals surface area contributed by atoms with E-state index in [-0.39, 0.29) is 0 Å². The highest BCUT2D eigenvalue weighted by Crippen LogP contribution is 2.29. The number of aliphatic hydroxyl groups excluding tert-OH is 1. The lowest BCUT2D eigenvalue weighted by Gasteiger charge is -2.10. The molecule has 2 nitrogen and oxygen atoms in total. The summed E-state index contributed by atoms with van der Waals surface area (Å²) in [7, 11) is 0. The molecule has 2 rings (SSSR count). The van der Waals surface area contributed by atoms with Crippen molar-refractivity contribution in [3.8, 4) is 5.75 Å². The van der Waals surface area contributed by atoms with Crippen molar-refractivity contribution in [1.82, 2.24) is 0 Å². The fraction of sp³-hybridized carbons (Fsp3) is 0.231. The molecule has 17 heavy (non-hydrogen) atoms. The van der Waals surface area contributed by atoms with Gasteiger partial charge in [0.25, 0.3) is 0 Å². The topological polar surface area (TPSA) is 29.5 Å². The van der Waals surface area contributed by atoms with Crippen LogP contribution in [0, 0.1) is 0 Å². The number of thiophene rings is 1. The van der Waals surface area contributed by atoms with Crippen LogP contribution in [0.2, 0.25) is 0 Å². The molecule has 2 aromatic rings. The zero-order chi connectivity index (χ0) is 12.3. The smallest absolute Gasteiger partial charge is 0.119 e. The van der Waals surface area contributed by atoms with E-state index in [0.29, 0.717) is 6.61 Å². The molecule has 0 spiro atoms. The zero-order valence-corrected chi connectivity index (χ0v) is 11.8. The van der Waals surface area contributed by atoms with Gasteiger partial charge in [0.05, 0.1) is 10.4 Å². The molecule has 1 atom stereocenters. The van der Waals surface area contributed by atoms with Crippen LogP contribution in [-0.4, -0.2) is 11.7 Å². The molecule has 0 saturated carbocycles. The quantitative estimate of drug-likeness (QED) is 0.925. The number of ether oxygens (including phenoxy) is 1. The Bertz CT molecular complexity index is 478. The second kappa shape index (κ2) is 5.67. The Morgan fingerprint density at radius 1 is 1.29 bits per heavy atom. The SMILES string of the molecule is CCOc1ccc(C(O)c2csc(Br)c2)cc1. The molecule has 0 radical (unpaired) electrons. The number of halogens is 1. The molecular formula is C13H13BrO2S. The highest BCUT2D eigenvalue weighted by Gasteiger charge is 2.11. The molecule has 4 heteroatoms. The molecule has 0 amide bonds. The number of aliphatic hydroxyl groups is 1. The summed E-state index contributed by atoms with van der Waals surface area (Å²) in [5.41, 5.74) is 1.78. The van der Waals surface area contributed by atoms with E-state index in [0.717, 1.165) is 20.7 Å². The summed E-state index contributed by atoms with van der Waals surface area (Å²) in [5.74, 6) is 0.829. The summed E-state index contributed by atoms with van der Waals surface area (Å²) >= 11 is 4.96. The van der Waals surface area contributed by atoms with Crippen molar-refractivity contribution in [3.05, 3.63) is 50.6 Å². The van der Waals surface area contributed by atoms with Crippen molar-refractivity contribution in [2.75, 3.05) is 6.61 Å². The highest BCUT2D eigenvalue weighted by atomic mass is 79.9. The summed E-state index contributed by atoms with van der Waals surface area (Å²) in [6, 6.07) is 9.47. The standard InChI is InChI=1S/C13H13BrO2S/c1-2-16-11-5-3-9(4-6-11)13(15)10-7-12(14)17-8-10/h3-8,13,15H,2H2,1H3. The Balaban J connectivity index is 2.16. The lowest BCUT2D eigenvalue weighted by atomic mass is 10.0. The lowest BCUT2D eigenvalue weighted by molar-refractivity contribution is 0.220. The van der Waals surface area contributed by atoms with Crippen molar-refractivity contribution in [2.24, 2.45) is 0 Å². The summed E-state index contributed by atoms with van der Waals surface area (Å²) in [4.78, 5) is 0. The van der Waals surface area contributed by atoms with E-state index < -0.39 is 6.10 Å². The first-order valence-electron chi connectivity index (χ1n) is 5.35. The first-order chi connectivity index (χ1) is 8.20. The minimum atomic E-state index is -0.576. The maximum Gasteiger partial charge on any atom is 0.119 e. The molecule has 0 aliphatic heterocycles. The number of hydrogen-bond donors (Lipinski definition) is 1. The predicted octanol–water partition coefficient (Wildman–Crippen LogP) is 3.99. The third kappa shape index (κ3) is 3.09. The van der Waals surface area contributed by atoms with E-state index in [1.165, 1.54) is 0 Å². The van der Waals surface area contributed by atoms with Crippen molar-refractivity contribution in [1.29, 1.82) is 0 Å². The molecule has 0 saturated heterocycles. The second-order valence-electron chi connectivity index (χ2n) is 3.59. The van der Waals surface area contributed by atoms with Crippen molar-refractivity contribution in [2.45, 2.75) is 13.0 Å². The molecule has 1 heterocycles. The normalized spacial score (nSPS) is 12.4. The summed E-state index contributed by atoms with van der Waals surface area (Å²) in [6.07, 6.45) is -0.576. The highest BCUT2D eigenvalue weighted by molar-refractivity contribution is 9.11. The van der Waals surface area contributed by atoms with Crippen LogP contribution in [0.15, 0.2) is 39.5 Å². The van der Waals surface area contributed by atoms with Crippen LogP contribution in [0.25, 0.3) is 0 Å². The van der Waals surface area contributed by atoms with Gasteiger partial charge < -0.3 is 9.84 Å². The molecule has 0 aliphatic rings. The van der Waals surface area contributed by atoms with Crippen molar-refractivity contribution in [3.63, 3.8) is 0 Å². The van der Waals surface area contributed by atoms with E-state index in [9.17, 15) is 5.11 Å². The zero-order valence-electron chi connectivity index (χ0n) is 9.39. The molecule has 1 unspecified atom stereocenters. The van der Waals surface area contributed by atoms with Crippen LogP contribution in [-0.2, 0) is 0 Å². The van der Waals surface area contributed by atoms with Gasteiger partial charge in [-0.05, 0) is 57.6 Å². The van der Waals surface area contributed by atoms with E-state index in [2.05, 4.69) is 15.9 Å². The van der Waals surface area contributed by atoms with Gasteiger partial charge in [-0.2, -0.15) is 0 Å². The maximum atomic E-state index is 10.2. The fourth-order valence-corrected chi connectivity index (χ4v) is 2.77. The van der Waals surface area contributed by atoms with Gasteiger partial charge in [0.2, 0.25) is 0 Å². The average Bonchev–Trinajstić information content (AvgIpc) is 2.76. The summed E-state index contributed by atoms with van der Waals surface area (Å²) in [6.45, 7) is 2.60. The summed E-state index contributed by atoms with van der Waals surface area (Å²) in [5, 5.41) is 12.1. The Morgan fingerprint density at radius 3 is 2.53 bits per heavy atom. The van der Waals surface area contributed by atoms with Gasteiger partial charge in [0.1, 0.15) is 11.9 Å². The van der Waals surface area contributed by atoms with Gasteiger partial charge >= 0.3 is 0 Å². The van der Waals surface area contributed by atoms with Gasteiger partial charge in [-0.3, -0.25) is 0 Å². The average molecular weight is 313 g/mol. The monoisotopic (exact) mass is 312 g/mol. The van der Waals surface area contributed by atoms with E-state index in [4.69, 9.17) is 4.74 Å². The molecule has 0 bridgehead atoms.